The van der Waals surface area contributed by atoms with Gasteiger partial charge in [-0.25, -0.2) is 0 Å². The minimum Gasteiger partial charge on any atom is -0.360 e. The van der Waals surface area contributed by atoms with E-state index in [4.69, 9.17) is 4.99 Å². The van der Waals surface area contributed by atoms with E-state index in [2.05, 4.69) is 476 Å². The van der Waals surface area contributed by atoms with Crippen LogP contribution in [0.25, 0.3) is 204 Å². The Balaban J connectivity index is 0.526. The van der Waals surface area contributed by atoms with Crippen LogP contribution in [0.5, 0.6) is 0 Å². The SMILES string of the molecule is CC1(C)c2ccccc2-c2ccc(-n3c4ccccc4c4cc(-c5ccc6c(c5)c5ccccc5n6-c5ccc(C6=NC(c7ccc(-n8c9ccc(-c%10ccc%11c(c%10)c%10ccccc%10n%11-c%10ccc%11c(c%10)C(C)(C)c%10ccccc%10-%11)cc9c9cc(-c%10ccc%11c(c%10)c%10ccccc%10n%11-c%10ccc%11c(c%10)C(C)(C)c%10ccccc%10-%11)ccc98)cc7)Nc7ccccc76)cc5)ccc43)cc21. The van der Waals surface area contributed by atoms with Gasteiger partial charge in [0.1, 0.15) is 6.17 Å². The number of hydrogen-bond acceptors (Lipinski definition) is 2. The number of para-hydroxylation sites is 5. The van der Waals surface area contributed by atoms with E-state index in [1.165, 1.54) is 193 Å². The summed E-state index contributed by atoms with van der Waals surface area (Å²) in [7, 11) is 0. The lowest BCUT2D eigenvalue weighted by Gasteiger charge is -2.26. The van der Waals surface area contributed by atoms with Crippen molar-refractivity contribution in [1.29, 1.82) is 0 Å². The number of benzene rings is 19. The molecule has 0 saturated heterocycles. The Morgan fingerprint density at radius 2 is 0.439 bits per heavy atom. The summed E-state index contributed by atoms with van der Waals surface area (Å²) in [6, 6.07) is 153. The van der Waals surface area contributed by atoms with Crippen LogP contribution in [0.2, 0.25) is 0 Å². The van der Waals surface area contributed by atoms with Gasteiger partial charge in [-0.1, -0.05) is 284 Å². The van der Waals surface area contributed by atoms with Crippen LogP contribution >= 0.6 is 0 Å². The first-order chi connectivity index (χ1) is 64.7. The third-order valence-corrected chi connectivity index (χ3v) is 30.5. The van der Waals surface area contributed by atoms with Gasteiger partial charge in [-0.05, 0) is 269 Å². The molecule has 7 nitrogen and oxygen atoms in total. The zero-order valence-corrected chi connectivity index (χ0v) is 73.9. The van der Waals surface area contributed by atoms with Crippen molar-refractivity contribution >= 4 is 120 Å². The summed E-state index contributed by atoms with van der Waals surface area (Å²) in [5, 5.41) is 16.1. The number of nitrogens with zero attached hydrogens (tertiary/aromatic N) is 6. The van der Waals surface area contributed by atoms with Crippen molar-refractivity contribution in [2.24, 2.45) is 4.99 Å². The first kappa shape index (κ1) is 74.7. The topological polar surface area (TPSA) is 49.0 Å². The van der Waals surface area contributed by atoms with Gasteiger partial charge in [0.05, 0.1) is 60.9 Å². The van der Waals surface area contributed by atoms with Gasteiger partial charge in [-0.2, -0.15) is 0 Å². The number of rotatable bonds is 10. The van der Waals surface area contributed by atoms with Crippen molar-refractivity contribution in [3.05, 3.63) is 457 Å². The maximum Gasteiger partial charge on any atom is 0.145 e. The highest BCUT2D eigenvalue weighted by molar-refractivity contribution is 6.19. The van der Waals surface area contributed by atoms with Gasteiger partial charge in [0.15, 0.2) is 0 Å². The molecule has 19 aromatic carbocycles. The van der Waals surface area contributed by atoms with Crippen molar-refractivity contribution in [3.8, 4) is 95.2 Å². The van der Waals surface area contributed by atoms with E-state index < -0.39 is 0 Å². The summed E-state index contributed by atoms with van der Waals surface area (Å²) in [5.41, 5.74) is 45.5. The molecule has 132 heavy (non-hydrogen) atoms. The molecule has 5 aromatic heterocycles. The van der Waals surface area contributed by atoms with Crippen LogP contribution in [-0.2, 0) is 16.2 Å². The molecule has 0 radical (unpaired) electrons. The number of anilines is 1. The third-order valence-electron chi connectivity index (χ3n) is 30.5. The molecule has 1 aliphatic heterocycles. The van der Waals surface area contributed by atoms with Crippen LogP contribution in [0.4, 0.5) is 5.69 Å². The van der Waals surface area contributed by atoms with E-state index in [0.717, 1.165) is 72.7 Å². The lowest BCUT2D eigenvalue weighted by Crippen LogP contribution is -2.20. The van der Waals surface area contributed by atoms with Gasteiger partial charge in [0, 0.05) is 115 Å². The number of hydrogen-bond donors (Lipinski definition) is 1. The van der Waals surface area contributed by atoms with E-state index >= 15 is 0 Å². The molecule has 4 aliphatic rings. The standard InChI is InChI=1S/C125H87N7/c1-123(2)104-31-15-7-23-87(104)90-56-53-84(71-107(90)123)130-112-36-20-12-27-94(112)99-66-77(44-60-116(99)130)76-43-59-115-98(65-76)93-26-11-19-35-111(93)128(115)82-49-39-74(40-50-82)121-97-30-10-18-34-110(97)126-122(127-121)75-41-51-83(52-42-75)129-119-63-47-80(78-45-61-117-100(67-78)95-28-13-21-37-113(95)131(117)85-54-57-91-88-24-8-16-32-105(88)124(3,4)108(91)72-85)69-102(119)103-70-81(48-64-120(103)129)79-46-62-118-101(68-79)96-29-14-22-38-114(96)132(118)86-55-58-92-89-25-9-17-33-106(89)125(5,6)109(92)73-86/h7-73,122,126H,1-6H3. The third kappa shape index (κ3) is 10.6. The van der Waals surface area contributed by atoms with Crippen LogP contribution in [0.1, 0.15) is 97.8 Å². The van der Waals surface area contributed by atoms with Crippen LogP contribution in [0, 0.1) is 0 Å². The highest BCUT2D eigenvalue weighted by Gasteiger charge is 2.40. The summed E-state index contributed by atoms with van der Waals surface area (Å²) in [6.45, 7) is 14.2. The number of nitrogens with one attached hydrogen (secondary N) is 1. The molecular weight excluding hydrogens is 1600 g/mol. The van der Waals surface area contributed by atoms with Crippen LogP contribution in [0.3, 0.4) is 0 Å². The zero-order valence-electron chi connectivity index (χ0n) is 73.9. The van der Waals surface area contributed by atoms with Gasteiger partial charge in [-0.15, -0.1) is 0 Å². The second-order valence-electron chi connectivity index (χ2n) is 38.5. The Labute approximate surface area is 764 Å². The molecule has 0 amide bonds. The predicted octanol–water partition coefficient (Wildman–Crippen LogP) is 32.1. The normalized spacial score (nSPS) is 14.8. The highest BCUT2D eigenvalue weighted by atomic mass is 15.1. The molecule has 3 aliphatic carbocycles. The molecule has 7 heteroatoms. The summed E-state index contributed by atoms with van der Waals surface area (Å²) >= 11 is 0. The monoisotopic (exact) mass is 1690 g/mol. The minimum absolute atomic E-state index is 0.103. The molecular formula is C125H87N7. The van der Waals surface area contributed by atoms with Gasteiger partial charge in [-0.3, -0.25) is 4.99 Å². The van der Waals surface area contributed by atoms with Gasteiger partial charge in [0.2, 0.25) is 0 Å². The molecule has 0 fully saturated rings. The smallest absolute Gasteiger partial charge is 0.145 e. The molecule has 1 unspecified atom stereocenters. The second kappa shape index (κ2) is 27.4. The number of aromatic nitrogens is 5. The van der Waals surface area contributed by atoms with Crippen LogP contribution in [-0.4, -0.2) is 28.5 Å². The van der Waals surface area contributed by atoms with Crippen molar-refractivity contribution in [2.45, 2.75) is 64.0 Å². The minimum atomic E-state index is -0.358. The summed E-state index contributed by atoms with van der Waals surface area (Å²) < 4.78 is 12.3. The Bertz CT molecular complexity index is 8940. The molecule has 0 spiro atoms. The second-order valence-corrected chi connectivity index (χ2v) is 38.5. The number of aliphatic imine (C=N–C) groups is 1. The molecule has 6 heterocycles. The summed E-state index contributed by atoms with van der Waals surface area (Å²) in [5.74, 6) is 0. The van der Waals surface area contributed by atoms with Gasteiger partial charge in [0.25, 0.3) is 0 Å². The summed E-state index contributed by atoms with van der Waals surface area (Å²) in [6.07, 6.45) is -0.358. The number of fused-ring (bicyclic) bond motifs is 25. The van der Waals surface area contributed by atoms with Crippen molar-refractivity contribution < 1.29 is 0 Å². The van der Waals surface area contributed by atoms with Crippen molar-refractivity contribution in [2.75, 3.05) is 5.32 Å². The predicted molar refractivity (Wildman–Crippen MR) is 552 cm³/mol. The Hall–Kier alpha value is -16.4. The average molecular weight is 1690 g/mol. The zero-order chi connectivity index (χ0) is 87.5. The lowest BCUT2D eigenvalue weighted by atomic mass is 9.82. The van der Waals surface area contributed by atoms with Crippen molar-refractivity contribution in [1.82, 2.24) is 22.8 Å². The van der Waals surface area contributed by atoms with E-state index in [9.17, 15) is 0 Å². The fourth-order valence-corrected chi connectivity index (χ4v) is 24.0. The molecule has 1 N–H and O–H groups in total. The maximum absolute atomic E-state index is 5.68. The molecule has 0 saturated carbocycles. The quantitative estimate of drug-likeness (QED) is 0.146. The summed E-state index contributed by atoms with van der Waals surface area (Å²) in [4.78, 5) is 5.68. The highest BCUT2D eigenvalue weighted by Crippen LogP contribution is 2.55. The van der Waals surface area contributed by atoms with Gasteiger partial charge < -0.3 is 28.2 Å². The van der Waals surface area contributed by atoms with Gasteiger partial charge >= 0.3 is 0 Å². The maximum atomic E-state index is 5.68. The molecule has 24 aromatic rings. The molecule has 0 bridgehead atoms. The van der Waals surface area contributed by atoms with E-state index in [1.807, 2.05) is 0 Å². The van der Waals surface area contributed by atoms with Crippen LogP contribution in [0.15, 0.2) is 411 Å². The van der Waals surface area contributed by atoms with Crippen LogP contribution < -0.4 is 5.32 Å². The fourth-order valence-electron chi connectivity index (χ4n) is 24.0. The Morgan fingerprint density at radius 3 is 0.773 bits per heavy atom. The average Bonchev–Trinajstić information content (AvgIpc) is 1.57. The van der Waals surface area contributed by atoms with E-state index in [1.54, 1.807) is 0 Å². The first-order valence-electron chi connectivity index (χ1n) is 46.3. The Kier molecular flexibility index (Phi) is 15.5. The molecule has 1 atom stereocenters. The lowest BCUT2D eigenvalue weighted by molar-refractivity contribution is 0.660. The Morgan fingerprint density at radius 1 is 0.197 bits per heavy atom. The van der Waals surface area contributed by atoms with Crippen molar-refractivity contribution in [3.63, 3.8) is 0 Å². The first-order valence-corrected chi connectivity index (χ1v) is 46.3. The fraction of sp³-hybridized carbons (Fsp3) is 0.0800. The molecule has 622 valence electrons. The van der Waals surface area contributed by atoms with E-state index in [0.29, 0.717) is 0 Å². The largest absolute Gasteiger partial charge is 0.360 e. The van der Waals surface area contributed by atoms with E-state index in [-0.39, 0.29) is 22.4 Å². The molecule has 28 rings (SSSR count).